The Kier molecular flexibility index (Phi) is 4.25. The minimum atomic E-state index is -0.255. The Bertz CT molecular complexity index is 511. The molecule has 1 aromatic heterocycles. The summed E-state index contributed by atoms with van der Waals surface area (Å²) in [7, 11) is 0. The Balaban J connectivity index is 1.72. The predicted molar refractivity (Wildman–Crippen MR) is 68.0 cm³/mol. The highest BCUT2D eigenvalue weighted by Crippen LogP contribution is 2.16. The first-order valence-electron chi connectivity index (χ1n) is 5.46. The van der Waals surface area contributed by atoms with Gasteiger partial charge in [-0.2, -0.15) is 0 Å². The molecule has 18 heavy (non-hydrogen) atoms. The van der Waals surface area contributed by atoms with Gasteiger partial charge >= 0.3 is 0 Å². The molecule has 1 heterocycles. The molecule has 0 spiro atoms. The van der Waals surface area contributed by atoms with Gasteiger partial charge in [0.1, 0.15) is 12.4 Å². The Morgan fingerprint density at radius 3 is 2.94 bits per heavy atom. The lowest BCUT2D eigenvalue weighted by Crippen LogP contribution is -2.27. The van der Waals surface area contributed by atoms with Crippen LogP contribution in [0.15, 0.2) is 47.1 Å². The lowest BCUT2D eigenvalue weighted by molar-refractivity contribution is 0.0919. The number of furan rings is 1. The number of carbonyl (C=O) groups excluding carboxylic acids is 1. The van der Waals surface area contributed by atoms with Gasteiger partial charge in [-0.3, -0.25) is 4.79 Å². The van der Waals surface area contributed by atoms with Crippen LogP contribution in [-0.4, -0.2) is 19.1 Å². The van der Waals surface area contributed by atoms with Gasteiger partial charge in [0.15, 0.2) is 5.76 Å². The van der Waals surface area contributed by atoms with Crippen LogP contribution >= 0.6 is 11.6 Å². The smallest absolute Gasteiger partial charge is 0.287 e. The van der Waals surface area contributed by atoms with Crippen molar-refractivity contribution in [1.82, 2.24) is 5.32 Å². The van der Waals surface area contributed by atoms with Gasteiger partial charge in [-0.1, -0.05) is 17.7 Å². The number of ether oxygens (including phenoxy) is 1. The van der Waals surface area contributed by atoms with Crippen LogP contribution in [0, 0.1) is 0 Å². The summed E-state index contributed by atoms with van der Waals surface area (Å²) in [5, 5.41) is 3.30. The van der Waals surface area contributed by atoms with Crippen LogP contribution in [0.5, 0.6) is 5.75 Å². The van der Waals surface area contributed by atoms with Crippen LogP contribution in [0.25, 0.3) is 0 Å². The molecule has 94 valence electrons. The number of hydrogen-bond acceptors (Lipinski definition) is 3. The third-order valence-electron chi connectivity index (χ3n) is 2.20. The standard InChI is InChI=1S/C13H12ClNO3/c14-10-3-1-4-11(9-10)17-8-6-15-13(16)12-5-2-7-18-12/h1-5,7,9H,6,8H2,(H,15,16). The molecular weight excluding hydrogens is 254 g/mol. The summed E-state index contributed by atoms with van der Waals surface area (Å²) in [6, 6.07) is 10.4. The molecular formula is C13H12ClNO3. The Morgan fingerprint density at radius 2 is 2.22 bits per heavy atom. The van der Waals surface area contributed by atoms with Crippen molar-refractivity contribution in [1.29, 1.82) is 0 Å². The van der Waals surface area contributed by atoms with Crippen LogP contribution in [0.1, 0.15) is 10.6 Å². The molecule has 0 aliphatic rings. The molecule has 5 heteroatoms. The van der Waals surface area contributed by atoms with Gasteiger partial charge in [-0.25, -0.2) is 0 Å². The van der Waals surface area contributed by atoms with Crippen LogP contribution < -0.4 is 10.1 Å². The fourth-order valence-corrected chi connectivity index (χ4v) is 1.57. The van der Waals surface area contributed by atoms with Crippen molar-refractivity contribution in [3.63, 3.8) is 0 Å². The van der Waals surface area contributed by atoms with Gasteiger partial charge in [0.25, 0.3) is 5.91 Å². The van der Waals surface area contributed by atoms with E-state index in [0.29, 0.717) is 23.9 Å². The van der Waals surface area contributed by atoms with Crippen LogP contribution in [0.4, 0.5) is 0 Å². The van der Waals surface area contributed by atoms with E-state index in [4.69, 9.17) is 20.8 Å². The number of nitrogens with one attached hydrogen (secondary N) is 1. The van der Waals surface area contributed by atoms with E-state index in [1.54, 1.807) is 36.4 Å². The highest BCUT2D eigenvalue weighted by atomic mass is 35.5. The Morgan fingerprint density at radius 1 is 1.33 bits per heavy atom. The van der Waals surface area contributed by atoms with E-state index in [2.05, 4.69) is 5.32 Å². The van der Waals surface area contributed by atoms with Gasteiger partial charge in [0.2, 0.25) is 0 Å². The van der Waals surface area contributed by atoms with Crippen LogP contribution in [-0.2, 0) is 0 Å². The summed E-state index contributed by atoms with van der Waals surface area (Å²) >= 11 is 5.81. The lowest BCUT2D eigenvalue weighted by atomic mass is 10.3. The van der Waals surface area contributed by atoms with Crippen LogP contribution in [0.3, 0.4) is 0 Å². The summed E-state index contributed by atoms with van der Waals surface area (Å²) in [5.41, 5.74) is 0. The quantitative estimate of drug-likeness (QED) is 0.846. The van der Waals surface area contributed by atoms with Gasteiger partial charge < -0.3 is 14.5 Å². The highest BCUT2D eigenvalue weighted by molar-refractivity contribution is 6.30. The Labute approximate surface area is 110 Å². The maximum absolute atomic E-state index is 11.5. The topological polar surface area (TPSA) is 51.5 Å². The first-order valence-corrected chi connectivity index (χ1v) is 5.83. The van der Waals surface area contributed by atoms with E-state index in [1.165, 1.54) is 6.26 Å². The number of halogens is 1. The van der Waals surface area contributed by atoms with Crippen molar-refractivity contribution in [3.8, 4) is 5.75 Å². The second kappa shape index (κ2) is 6.12. The molecule has 0 radical (unpaired) electrons. The zero-order chi connectivity index (χ0) is 12.8. The molecule has 1 amide bonds. The molecule has 0 atom stereocenters. The van der Waals surface area contributed by atoms with Gasteiger partial charge in [-0.15, -0.1) is 0 Å². The molecule has 0 unspecified atom stereocenters. The van der Waals surface area contributed by atoms with Crippen molar-refractivity contribution >= 4 is 17.5 Å². The van der Waals surface area contributed by atoms with E-state index < -0.39 is 0 Å². The van der Waals surface area contributed by atoms with E-state index >= 15 is 0 Å². The average Bonchev–Trinajstić information content (AvgIpc) is 2.88. The minimum absolute atomic E-state index is 0.255. The molecule has 1 aromatic carbocycles. The largest absolute Gasteiger partial charge is 0.492 e. The third-order valence-corrected chi connectivity index (χ3v) is 2.43. The molecule has 1 N–H and O–H groups in total. The zero-order valence-corrected chi connectivity index (χ0v) is 10.3. The van der Waals surface area contributed by atoms with E-state index in [-0.39, 0.29) is 11.7 Å². The van der Waals surface area contributed by atoms with Gasteiger partial charge in [-0.05, 0) is 30.3 Å². The minimum Gasteiger partial charge on any atom is -0.492 e. The first-order chi connectivity index (χ1) is 8.75. The number of rotatable bonds is 5. The lowest BCUT2D eigenvalue weighted by Gasteiger charge is -2.06. The van der Waals surface area contributed by atoms with Crippen molar-refractivity contribution in [2.45, 2.75) is 0 Å². The predicted octanol–water partition coefficient (Wildman–Crippen LogP) is 2.74. The molecule has 2 rings (SSSR count). The van der Waals surface area contributed by atoms with Gasteiger partial charge in [0, 0.05) is 5.02 Å². The second-order valence-corrected chi connectivity index (χ2v) is 3.98. The summed E-state index contributed by atoms with van der Waals surface area (Å²) in [6.07, 6.45) is 1.46. The normalized spacial score (nSPS) is 10.1. The number of benzene rings is 1. The van der Waals surface area contributed by atoms with E-state index in [1.807, 2.05) is 0 Å². The second-order valence-electron chi connectivity index (χ2n) is 3.54. The molecule has 0 bridgehead atoms. The first kappa shape index (κ1) is 12.5. The fourth-order valence-electron chi connectivity index (χ4n) is 1.39. The van der Waals surface area contributed by atoms with Crippen molar-refractivity contribution in [2.75, 3.05) is 13.2 Å². The maximum atomic E-state index is 11.5. The molecule has 2 aromatic rings. The Hall–Kier alpha value is -1.94. The van der Waals surface area contributed by atoms with E-state index in [0.717, 1.165) is 0 Å². The fraction of sp³-hybridized carbons (Fsp3) is 0.154. The van der Waals surface area contributed by atoms with Crippen LogP contribution in [0.2, 0.25) is 5.02 Å². The van der Waals surface area contributed by atoms with Gasteiger partial charge in [0.05, 0.1) is 12.8 Å². The zero-order valence-electron chi connectivity index (χ0n) is 9.56. The maximum Gasteiger partial charge on any atom is 0.287 e. The highest BCUT2D eigenvalue weighted by Gasteiger charge is 2.06. The third kappa shape index (κ3) is 3.53. The van der Waals surface area contributed by atoms with Crippen molar-refractivity contribution in [3.05, 3.63) is 53.4 Å². The monoisotopic (exact) mass is 265 g/mol. The summed E-state index contributed by atoms with van der Waals surface area (Å²) in [5.74, 6) is 0.710. The molecule has 0 saturated heterocycles. The molecule has 0 fully saturated rings. The SMILES string of the molecule is O=C(NCCOc1cccc(Cl)c1)c1ccco1. The molecule has 4 nitrogen and oxygen atoms in total. The summed E-state index contributed by atoms with van der Waals surface area (Å²) in [6.45, 7) is 0.763. The molecule has 0 aliphatic heterocycles. The van der Waals surface area contributed by atoms with Crippen molar-refractivity contribution < 1.29 is 13.9 Å². The van der Waals surface area contributed by atoms with Crippen molar-refractivity contribution in [2.24, 2.45) is 0 Å². The number of hydrogen-bond donors (Lipinski definition) is 1. The van der Waals surface area contributed by atoms with E-state index in [9.17, 15) is 4.79 Å². The molecule has 0 aliphatic carbocycles. The molecule has 0 saturated carbocycles. The summed E-state index contributed by atoms with van der Waals surface area (Å²) in [4.78, 5) is 11.5. The number of amides is 1. The number of carbonyl (C=O) groups is 1. The summed E-state index contributed by atoms with van der Waals surface area (Å²) < 4.78 is 10.4. The average molecular weight is 266 g/mol.